The summed E-state index contributed by atoms with van der Waals surface area (Å²) in [6.07, 6.45) is 0.954. The van der Waals surface area contributed by atoms with Crippen LogP contribution in [0.5, 0.6) is 5.75 Å². The second kappa shape index (κ2) is 11.3. The Balaban J connectivity index is 0.00000308. The molecule has 2 aromatic carbocycles. The van der Waals surface area contributed by atoms with Gasteiger partial charge in [0.05, 0.1) is 25.8 Å². The van der Waals surface area contributed by atoms with Crippen LogP contribution < -0.4 is 9.64 Å². The van der Waals surface area contributed by atoms with Crippen molar-refractivity contribution in [2.24, 2.45) is 0 Å². The number of aryl methyl sites for hydroxylation is 1. The second-order valence-electron chi connectivity index (χ2n) is 10.2. The molecule has 1 fully saturated rings. The van der Waals surface area contributed by atoms with Crippen LogP contribution in [0.3, 0.4) is 0 Å². The highest BCUT2D eigenvalue weighted by molar-refractivity contribution is 6.01. The average Bonchev–Trinajstić information content (AvgIpc) is 3.21. The van der Waals surface area contributed by atoms with Crippen LogP contribution in [0.25, 0.3) is 10.9 Å². The Kier molecular flexibility index (Phi) is 7.82. The monoisotopic (exact) mass is 546 g/mol. The number of halogens is 1. The molecule has 2 aliphatic rings. The van der Waals surface area contributed by atoms with Crippen LogP contribution in [-0.4, -0.2) is 60.3 Å². The van der Waals surface area contributed by atoms with E-state index in [4.69, 9.17) is 14.5 Å². The molecule has 2 aromatic heterocycles. The third-order valence-electron chi connectivity index (χ3n) is 8.02. The lowest BCUT2D eigenvalue weighted by atomic mass is 10.00. The number of fused-ring (bicyclic) bond motifs is 2. The van der Waals surface area contributed by atoms with Gasteiger partial charge < -0.3 is 23.8 Å². The van der Waals surface area contributed by atoms with E-state index in [1.165, 1.54) is 22.4 Å². The van der Waals surface area contributed by atoms with Gasteiger partial charge >= 0.3 is 0 Å². The minimum atomic E-state index is -0.0218. The highest BCUT2D eigenvalue weighted by atomic mass is 35.5. The molecule has 4 heterocycles. The molecular formula is C31H35ClN4O3. The van der Waals surface area contributed by atoms with Crippen LogP contribution in [0.1, 0.15) is 38.4 Å². The fraction of sp³-hybridized carbons (Fsp3) is 0.355. The van der Waals surface area contributed by atoms with Gasteiger partial charge in [0, 0.05) is 43.8 Å². The lowest BCUT2D eigenvalue weighted by Gasteiger charge is -2.31. The number of hydrogen-bond donors (Lipinski definition) is 0. The number of benzene rings is 2. The van der Waals surface area contributed by atoms with Crippen molar-refractivity contribution in [2.45, 2.75) is 33.4 Å². The number of aromatic nitrogens is 2. The largest absolute Gasteiger partial charge is 0.497 e. The van der Waals surface area contributed by atoms with E-state index in [1.54, 1.807) is 7.11 Å². The van der Waals surface area contributed by atoms with Crippen LogP contribution in [-0.2, 0) is 24.2 Å². The molecule has 8 heteroatoms. The van der Waals surface area contributed by atoms with Crippen molar-refractivity contribution in [3.8, 4) is 5.75 Å². The zero-order valence-electron chi connectivity index (χ0n) is 22.8. The molecule has 4 aromatic rings. The first-order chi connectivity index (χ1) is 18.5. The molecule has 0 atom stereocenters. The van der Waals surface area contributed by atoms with Gasteiger partial charge in [-0.1, -0.05) is 36.4 Å². The van der Waals surface area contributed by atoms with E-state index in [1.807, 2.05) is 23.1 Å². The number of rotatable bonds is 5. The Morgan fingerprint density at radius 2 is 1.77 bits per heavy atom. The normalized spacial score (nSPS) is 15.2. The predicted octanol–water partition coefficient (Wildman–Crippen LogP) is 5.17. The second-order valence-corrected chi connectivity index (χ2v) is 10.2. The number of carbonyl (C=O) groups is 1. The Morgan fingerprint density at radius 1 is 1.00 bits per heavy atom. The number of amides is 1. The quantitative estimate of drug-likeness (QED) is 0.346. The van der Waals surface area contributed by atoms with E-state index in [-0.39, 0.29) is 18.3 Å². The van der Waals surface area contributed by atoms with Gasteiger partial charge in [0.2, 0.25) is 0 Å². The van der Waals surface area contributed by atoms with E-state index in [0.29, 0.717) is 38.5 Å². The smallest absolute Gasteiger partial charge is 0.272 e. The molecule has 1 amide bonds. The minimum Gasteiger partial charge on any atom is -0.497 e. The van der Waals surface area contributed by atoms with Crippen molar-refractivity contribution in [2.75, 3.05) is 44.9 Å². The van der Waals surface area contributed by atoms with Gasteiger partial charge in [-0.2, -0.15) is 0 Å². The molecule has 6 rings (SSSR count). The first kappa shape index (κ1) is 27.0. The number of pyridine rings is 1. The molecule has 0 unspecified atom stereocenters. The average molecular weight is 547 g/mol. The van der Waals surface area contributed by atoms with E-state index in [0.717, 1.165) is 47.5 Å². The third kappa shape index (κ3) is 5.09. The number of anilines is 1. The van der Waals surface area contributed by atoms with Crippen molar-refractivity contribution < 1.29 is 14.3 Å². The van der Waals surface area contributed by atoms with Crippen LogP contribution in [0.2, 0.25) is 0 Å². The van der Waals surface area contributed by atoms with Gasteiger partial charge in [0.15, 0.2) is 5.82 Å². The Hall–Kier alpha value is -3.55. The molecule has 0 radical (unpaired) electrons. The van der Waals surface area contributed by atoms with Crippen molar-refractivity contribution in [1.29, 1.82) is 0 Å². The van der Waals surface area contributed by atoms with Crippen molar-refractivity contribution >= 4 is 35.0 Å². The number of hydrogen-bond acceptors (Lipinski definition) is 5. The van der Waals surface area contributed by atoms with Crippen LogP contribution in [0.4, 0.5) is 5.82 Å². The molecule has 0 aliphatic carbocycles. The van der Waals surface area contributed by atoms with Crippen molar-refractivity contribution in [3.63, 3.8) is 0 Å². The summed E-state index contributed by atoms with van der Waals surface area (Å²) < 4.78 is 13.3. The number of nitrogens with zero attached hydrogens (tertiary/aromatic N) is 4. The predicted molar refractivity (Wildman–Crippen MR) is 156 cm³/mol. The van der Waals surface area contributed by atoms with E-state index >= 15 is 0 Å². The van der Waals surface area contributed by atoms with Crippen LogP contribution >= 0.6 is 12.4 Å². The first-order valence-corrected chi connectivity index (χ1v) is 13.4. The molecule has 1 saturated heterocycles. The highest BCUT2D eigenvalue weighted by Gasteiger charge is 2.27. The molecule has 39 heavy (non-hydrogen) atoms. The lowest BCUT2D eigenvalue weighted by Crippen LogP contribution is -2.41. The third-order valence-corrected chi connectivity index (χ3v) is 8.02. The minimum absolute atomic E-state index is 0. The molecule has 0 saturated carbocycles. The number of morpholine rings is 1. The summed E-state index contributed by atoms with van der Waals surface area (Å²) in [6, 6.07) is 18.8. The van der Waals surface area contributed by atoms with Gasteiger partial charge in [0.25, 0.3) is 5.91 Å². The fourth-order valence-electron chi connectivity index (χ4n) is 5.73. The summed E-state index contributed by atoms with van der Waals surface area (Å²) in [5.74, 6) is 1.71. The van der Waals surface area contributed by atoms with Crippen LogP contribution in [0, 0.1) is 13.8 Å². The summed E-state index contributed by atoms with van der Waals surface area (Å²) in [7, 11) is 1.70. The summed E-state index contributed by atoms with van der Waals surface area (Å²) in [6.45, 7) is 8.97. The summed E-state index contributed by atoms with van der Waals surface area (Å²) in [4.78, 5) is 22.9. The van der Waals surface area contributed by atoms with Gasteiger partial charge in [0.1, 0.15) is 11.4 Å². The Morgan fingerprint density at radius 3 is 2.54 bits per heavy atom. The number of carbonyl (C=O) groups excluding carboxylic acids is 1. The summed E-state index contributed by atoms with van der Waals surface area (Å²) >= 11 is 0. The maximum Gasteiger partial charge on any atom is 0.272 e. The Labute approximate surface area is 235 Å². The zero-order chi connectivity index (χ0) is 26.2. The van der Waals surface area contributed by atoms with Gasteiger partial charge in [-0.3, -0.25) is 4.79 Å². The first-order valence-electron chi connectivity index (χ1n) is 13.4. The maximum atomic E-state index is 13.6. The molecule has 0 N–H and O–H groups in total. The summed E-state index contributed by atoms with van der Waals surface area (Å²) in [5.41, 5.74) is 7.82. The lowest BCUT2D eigenvalue weighted by molar-refractivity contribution is 0.0299. The Bertz CT molecular complexity index is 1510. The van der Waals surface area contributed by atoms with E-state index in [2.05, 4.69) is 59.7 Å². The van der Waals surface area contributed by atoms with E-state index < -0.39 is 0 Å². The molecule has 2 aliphatic heterocycles. The molecule has 0 spiro atoms. The molecule has 204 valence electrons. The van der Waals surface area contributed by atoms with E-state index in [9.17, 15) is 4.79 Å². The number of ether oxygens (including phenoxy) is 2. The van der Waals surface area contributed by atoms with Crippen LogP contribution in [0.15, 0.2) is 54.6 Å². The molecular weight excluding hydrogens is 512 g/mol. The standard InChI is InChI=1S/C31H34N4O3.ClH/c1-21-22(2)35(19-23-7-6-10-26(17-23)37-3)29-27(21)18-28(31(36)33-13-15-38-16-14-33)32-30(29)34-12-11-24-8-4-5-9-25(24)20-34;/h4-10,17-18H,11-16,19-20H2,1-3H3;1H. The van der Waals surface area contributed by atoms with Gasteiger partial charge in [-0.15, -0.1) is 12.4 Å². The fourth-order valence-corrected chi connectivity index (χ4v) is 5.73. The maximum absolute atomic E-state index is 13.6. The molecule has 7 nitrogen and oxygen atoms in total. The van der Waals surface area contributed by atoms with Crippen molar-refractivity contribution in [3.05, 3.63) is 88.2 Å². The highest BCUT2D eigenvalue weighted by Crippen LogP contribution is 2.36. The topological polar surface area (TPSA) is 59.8 Å². The molecule has 0 bridgehead atoms. The van der Waals surface area contributed by atoms with Gasteiger partial charge in [-0.05, 0) is 60.7 Å². The number of methoxy groups -OCH3 is 1. The van der Waals surface area contributed by atoms with Crippen molar-refractivity contribution in [1.82, 2.24) is 14.5 Å². The summed E-state index contributed by atoms with van der Waals surface area (Å²) in [5, 5.41) is 1.09. The zero-order valence-corrected chi connectivity index (χ0v) is 23.6. The SMILES string of the molecule is COc1cccc(Cn2c(C)c(C)c3cc(C(=O)N4CCOCC4)nc(N4CCc5ccccc5C4)c32)c1.Cl. The van der Waals surface area contributed by atoms with Gasteiger partial charge in [-0.25, -0.2) is 4.98 Å².